The summed E-state index contributed by atoms with van der Waals surface area (Å²) in [6.45, 7) is 5.09. The number of ether oxygens (including phenoxy) is 1. The Balaban J connectivity index is 2.90. The van der Waals surface area contributed by atoms with Gasteiger partial charge in [-0.2, -0.15) is 0 Å². The van der Waals surface area contributed by atoms with Crippen LogP contribution in [0, 0.1) is 13.8 Å². The molecule has 0 bridgehead atoms. The Labute approximate surface area is 84.5 Å². The zero-order chi connectivity index (χ0) is 10.6. The molecule has 0 radical (unpaired) electrons. The van der Waals surface area contributed by atoms with Gasteiger partial charge in [0, 0.05) is 37.0 Å². The molecule has 1 heterocycles. The molecule has 0 aliphatic carbocycles. The second-order valence-corrected chi connectivity index (χ2v) is 3.24. The fourth-order valence-electron chi connectivity index (χ4n) is 1.41. The van der Waals surface area contributed by atoms with Crippen LogP contribution in [-0.2, 0) is 17.7 Å². The van der Waals surface area contributed by atoms with Crippen molar-refractivity contribution in [2.75, 3.05) is 13.7 Å². The van der Waals surface area contributed by atoms with Crippen molar-refractivity contribution in [3.8, 4) is 0 Å². The third kappa shape index (κ3) is 2.49. The van der Waals surface area contributed by atoms with Crippen molar-refractivity contribution in [2.24, 2.45) is 5.73 Å². The summed E-state index contributed by atoms with van der Waals surface area (Å²) in [5.74, 6) is 0.832. The van der Waals surface area contributed by atoms with Gasteiger partial charge >= 0.3 is 0 Å². The van der Waals surface area contributed by atoms with Gasteiger partial charge in [-0.1, -0.05) is 0 Å². The summed E-state index contributed by atoms with van der Waals surface area (Å²) < 4.78 is 4.98. The molecule has 1 aromatic heterocycles. The van der Waals surface area contributed by atoms with Crippen molar-refractivity contribution in [2.45, 2.75) is 26.8 Å². The van der Waals surface area contributed by atoms with Gasteiger partial charge in [-0.3, -0.25) is 0 Å². The van der Waals surface area contributed by atoms with Crippen LogP contribution in [0.1, 0.15) is 22.8 Å². The minimum atomic E-state index is 0.502. The molecule has 4 nitrogen and oxygen atoms in total. The Morgan fingerprint density at radius 3 is 2.21 bits per heavy atom. The van der Waals surface area contributed by atoms with E-state index in [1.165, 1.54) is 0 Å². The first-order valence-corrected chi connectivity index (χ1v) is 4.71. The number of hydrogen-bond acceptors (Lipinski definition) is 4. The second-order valence-electron chi connectivity index (χ2n) is 3.24. The number of rotatable bonds is 4. The molecule has 0 aliphatic rings. The molecule has 14 heavy (non-hydrogen) atoms. The monoisotopic (exact) mass is 195 g/mol. The van der Waals surface area contributed by atoms with Crippen LogP contribution >= 0.6 is 0 Å². The van der Waals surface area contributed by atoms with Crippen LogP contribution in [0.25, 0.3) is 0 Å². The van der Waals surface area contributed by atoms with E-state index in [-0.39, 0.29) is 0 Å². The normalized spacial score (nSPS) is 10.6. The molecule has 78 valence electrons. The molecule has 0 saturated carbocycles. The molecule has 0 fully saturated rings. The highest BCUT2D eigenvalue weighted by Gasteiger charge is 2.06. The van der Waals surface area contributed by atoms with Gasteiger partial charge in [0.05, 0.1) is 6.61 Å². The van der Waals surface area contributed by atoms with Gasteiger partial charge in [-0.25, -0.2) is 9.97 Å². The maximum atomic E-state index is 5.60. The minimum Gasteiger partial charge on any atom is -0.384 e. The van der Waals surface area contributed by atoms with Crippen molar-refractivity contribution in [3.05, 3.63) is 22.8 Å². The van der Waals surface area contributed by atoms with Crippen LogP contribution in [0.3, 0.4) is 0 Å². The molecule has 0 aliphatic heterocycles. The largest absolute Gasteiger partial charge is 0.384 e. The van der Waals surface area contributed by atoms with Crippen LogP contribution in [0.5, 0.6) is 0 Å². The maximum absolute atomic E-state index is 5.60. The highest BCUT2D eigenvalue weighted by atomic mass is 16.5. The van der Waals surface area contributed by atoms with Crippen molar-refractivity contribution >= 4 is 0 Å². The average Bonchev–Trinajstić information content (AvgIpc) is 2.14. The van der Waals surface area contributed by atoms with E-state index >= 15 is 0 Å². The number of nitrogens with two attached hydrogens (primary N) is 1. The molecule has 1 rings (SSSR count). The second kappa shape index (κ2) is 5.02. The van der Waals surface area contributed by atoms with Gasteiger partial charge in [0.25, 0.3) is 0 Å². The van der Waals surface area contributed by atoms with Crippen LogP contribution in [0.4, 0.5) is 0 Å². The maximum Gasteiger partial charge on any atom is 0.131 e. The Morgan fingerprint density at radius 1 is 1.21 bits per heavy atom. The van der Waals surface area contributed by atoms with Crippen molar-refractivity contribution in [1.29, 1.82) is 0 Å². The summed E-state index contributed by atoms with van der Waals surface area (Å²) in [5, 5.41) is 0. The molecule has 0 saturated heterocycles. The van der Waals surface area contributed by atoms with Crippen LogP contribution in [0.2, 0.25) is 0 Å². The molecule has 1 aromatic rings. The molecular weight excluding hydrogens is 178 g/mol. The molecule has 0 unspecified atom stereocenters. The van der Waals surface area contributed by atoms with Crippen LogP contribution in [-0.4, -0.2) is 23.7 Å². The SMILES string of the molecule is COCCc1nc(C)c(CN)c(C)n1. The molecule has 0 aromatic carbocycles. The van der Waals surface area contributed by atoms with E-state index in [4.69, 9.17) is 10.5 Å². The third-order valence-corrected chi connectivity index (χ3v) is 2.20. The zero-order valence-electron chi connectivity index (χ0n) is 9.00. The first kappa shape index (κ1) is 11.1. The van der Waals surface area contributed by atoms with Gasteiger partial charge in [0.1, 0.15) is 5.82 Å². The Hall–Kier alpha value is -1.00. The summed E-state index contributed by atoms with van der Waals surface area (Å²) >= 11 is 0. The standard InChI is InChI=1S/C10H17N3O/c1-7-9(6-11)8(2)13-10(12-7)4-5-14-3/h4-6,11H2,1-3H3. The highest BCUT2D eigenvalue weighted by Crippen LogP contribution is 2.09. The van der Waals surface area contributed by atoms with Crippen molar-refractivity contribution in [1.82, 2.24) is 9.97 Å². The number of methoxy groups -OCH3 is 1. The van der Waals surface area contributed by atoms with Gasteiger partial charge < -0.3 is 10.5 Å². The van der Waals surface area contributed by atoms with Gasteiger partial charge in [-0.15, -0.1) is 0 Å². The first-order chi connectivity index (χ1) is 6.69. The van der Waals surface area contributed by atoms with Crippen LogP contribution < -0.4 is 5.73 Å². The Morgan fingerprint density at radius 2 is 1.79 bits per heavy atom. The zero-order valence-corrected chi connectivity index (χ0v) is 9.00. The number of nitrogens with zero attached hydrogens (tertiary/aromatic N) is 2. The molecule has 0 amide bonds. The van der Waals surface area contributed by atoms with E-state index in [9.17, 15) is 0 Å². The fraction of sp³-hybridized carbons (Fsp3) is 0.600. The molecule has 4 heteroatoms. The van der Waals surface area contributed by atoms with E-state index in [1.54, 1.807) is 7.11 Å². The smallest absolute Gasteiger partial charge is 0.131 e. The summed E-state index contributed by atoms with van der Waals surface area (Å²) in [4.78, 5) is 8.74. The van der Waals surface area contributed by atoms with E-state index in [1.807, 2.05) is 13.8 Å². The predicted molar refractivity (Wildman–Crippen MR) is 55.0 cm³/mol. The molecule has 0 spiro atoms. The first-order valence-electron chi connectivity index (χ1n) is 4.71. The van der Waals surface area contributed by atoms with Gasteiger partial charge in [-0.05, 0) is 13.8 Å². The lowest BCUT2D eigenvalue weighted by molar-refractivity contribution is 0.200. The summed E-state index contributed by atoms with van der Waals surface area (Å²) in [5.41, 5.74) is 8.60. The predicted octanol–water partition coefficient (Wildman–Crippen LogP) is 0.741. The fourth-order valence-corrected chi connectivity index (χ4v) is 1.41. The third-order valence-electron chi connectivity index (χ3n) is 2.20. The van der Waals surface area contributed by atoms with Gasteiger partial charge in [0.15, 0.2) is 0 Å². The van der Waals surface area contributed by atoms with Crippen LogP contribution in [0.15, 0.2) is 0 Å². The van der Waals surface area contributed by atoms with E-state index in [0.717, 1.165) is 29.2 Å². The lowest BCUT2D eigenvalue weighted by atomic mass is 10.1. The number of aryl methyl sites for hydroxylation is 2. The quantitative estimate of drug-likeness (QED) is 0.769. The summed E-state index contributed by atoms with van der Waals surface area (Å²) in [6, 6.07) is 0. The Kier molecular flexibility index (Phi) is 3.98. The minimum absolute atomic E-state index is 0.502. The summed E-state index contributed by atoms with van der Waals surface area (Å²) in [7, 11) is 1.67. The topological polar surface area (TPSA) is 61.0 Å². The lowest BCUT2D eigenvalue weighted by Gasteiger charge is -2.08. The van der Waals surface area contributed by atoms with E-state index in [2.05, 4.69) is 9.97 Å². The lowest BCUT2D eigenvalue weighted by Crippen LogP contribution is -2.10. The highest BCUT2D eigenvalue weighted by molar-refractivity contribution is 5.23. The van der Waals surface area contributed by atoms with E-state index in [0.29, 0.717) is 13.2 Å². The van der Waals surface area contributed by atoms with E-state index < -0.39 is 0 Å². The van der Waals surface area contributed by atoms with Gasteiger partial charge in [0.2, 0.25) is 0 Å². The Bertz CT molecular complexity index is 289. The van der Waals surface area contributed by atoms with Crippen molar-refractivity contribution in [3.63, 3.8) is 0 Å². The molecule has 0 atom stereocenters. The number of aromatic nitrogens is 2. The molecule has 2 N–H and O–H groups in total. The average molecular weight is 195 g/mol. The van der Waals surface area contributed by atoms with Crippen molar-refractivity contribution < 1.29 is 4.74 Å². The number of hydrogen-bond donors (Lipinski definition) is 1. The molecular formula is C10H17N3O. The summed E-state index contributed by atoms with van der Waals surface area (Å²) in [6.07, 6.45) is 0.753.